The standard InChI is InChI=1S/C28H34N2O3/c1-22(2)28(21-29,24-14-7-4-8-15-24)18-10-9-17-26(31)30-19-11-16-25(30)27(32)33-20-23-12-5-3-6-13-23/h3-8,12-15,22,25H,9-11,16-20H2,1-2H3/t25-,28+/m1/s1. The second-order valence-electron chi connectivity index (χ2n) is 9.15. The van der Waals surface area contributed by atoms with Crippen molar-refractivity contribution in [2.24, 2.45) is 5.92 Å². The van der Waals surface area contributed by atoms with E-state index < -0.39 is 11.5 Å². The van der Waals surface area contributed by atoms with Crippen molar-refractivity contribution in [3.05, 3.63) is 71.8 Å². The number of rotatable bonds is 10. The van der Waals surface area contributed by atoms with E-state index in [9.17, 15) is 14.9 Å². The van der Waals surface area contributed by atoms with Crippen LogP contribution in [0.5, 0.6) is 0 Å². The molecule has 0 aliphatic carbocycles. The fourth-order valence-corrected chi connectivity index (χ4v) is 4.71. The zero-order valence-electron chi connectivity index (χ0n) is 19.7. The Morgan fingerprint density at radius 3 is 2.39 bits per heavy atom. The predicted molar refractivity (Wildman–Crippen MR) is 128 cm³/mol. The number of hydrogen-bond acceptors (Lipinski definition) is 4. The van der Waals surface area contributed by atoms with Crippen molar-refractivity contribution in [2.45, 2.75) is 70.4 Å². The maximum absolute atomic E-state index is 12.9. The molecule has 2 aromatic rings. The summed E-state index contributed by atoms with van der Waals surface area (Å²) in [7, 11) is 0. The molecule has 5 nitrogen and oxygen atoms in total. The molecule has 33 heavy (non-hydrogen) atoms. The first-order chi connectivity index (χ1) is 16.0. The summed E-state index contributed by atoms with van der Waals surface area (Å²) in [4.78, 5) is 27.2. The zero-order valence-corrected chi connectivity index (χ0v) is 19.7. The number of amides is 1. The van der Waals surface area contributed by atoms with Gasteiger partial charge in [-0.05, 0) is 42.7 Å². The number of esters is 1. The number of likely N-dealkylation sites (tertiary alicyclic amines) is 1. The van der Waals surface area contributed by atoms with Gasteiger partial charge in [0.15, 0.2) is 0 Å². The van der Waals surface area contributed by atoms with Crippen molar-refractivity contribution < 1.29 is 14.3 Å². The van der Waals surface area contributed by atoms with E-state index in [4.69, 9.17) is 4.74 Å². The molecule has 5 heteroatoms. The molecule has 174 valence electrons. The number of unbranched alkanes of at least 4 members (excludes halogenated alkanes) is 1. The van der Waals surface area contributed by atoms with E-state index >= 15 is 0 Å². The smallest absolute Gasteiger partial charge is 0.329 e. The molecule has 0 N–H and O–H groups in total. The molecule has 1 aliphatic heterocycles. The second-order valence-corrected chi connectivity index (χ2v) is 9.15. The van der Waals surface area contributed by atoms with E-state index in [1.54, 1.807) is 4.90 Å². The molecule has 3 rings (SSSR count). The lowest BCUT2D eigenvalue weighted by atomic mass is 9.69. The van der Waals surface area contributed by atoms with Crippen LogP contribution in [-0.4, -0.2) is 29.4 Å². The van der Waals surface area contributed by atoms with Crippen molar-refractivity contribution in [2.75, 3.05) is 6.54 Å². The van der Waals surface area contributed by atoms with Gasteiger partial charge in [0.2, 0.25) is 5.91 Å². The molecule has 1 fully saturated rings. The van der Waals surface area contributed by atoms with Gasteiger partial charge in [-0.1, -0.05) is 80.9 Å². The first-order valence-electron chi connectivity index (χ1n) is 11.9. The van der Waals surface area contributed by atoms with Crippen LogP contribution in [0.2, 0.25) is 0 Å². The predicted octanol–water partition coefficient (Wildman–Crippen LogP) is 5.40. The van der Waals surface area contributed by atoms with E-state index in [1.165, 1.54) is 0 Å². The van der Waals surface area contributed by atoms with Crippen molar-refractivity contribution >= 4 is 11.9 Å². The van der Waals surface area contributed by atoms with Crippen LogP contribution in [0.4, 0.5) is 0 Å². The highest BCUT2D eigenvalue weighted by Gasteiger charge is 2.37. The summed E-state index contributed by atoms with van der Waals surface area (Å²) < 4.78 is 5.48. The van der Waals surface area contributed by atoms with Crippen LogP contribution < -0.4 is 0 Å². The normalized spacial score (nSPS) is 17.4. The number of nitriles is 1. The van der Waals surface area contributed by atoms with Crippen LogP contribution in [-0.2, 0) is 26.3 Å². The minimum atomic E-state index is -0.554. The summed E-state index contributed by atoms with van der Waals surface area (Å²) in [6.07, 6.45) is 4.04. The average molecular weight is 447 g/mol. The molecule has 1 amide bonds. The maximum atomic E-state index is 12.9. The van der Waals surface area contributed by atoms with Gasteiger partial charge in [-0.15, -0.1) is 0 Å². The topological polar surface area (TPSA) is 70.4 Å². The zero-order chi connectivity index (χ0) is 23.7. The van der Waals surface area contributed by atoms with Gasteiger partial charge in [0.25, 0.3) is 0 Å². The van der Waals surface area contributed by atoms with E-state index in [2.05, 4.69) is 19.9 Å². The lowest BCUT2D eigenvalue weighted by Crippen LogP contribution is -2.41. The van der Waals surface area contributed by atoms with Gasteiger partial charge < -0.3 is 9.64 Å². The van der Waals surface area contributed by atoms with Gasteiger partial charge in [-0.25, -0.2) is 4.79 Å². The molecule has 0 radical (unpaired) electrons. The molecular formula is C28H34N2O3. The minimum Gasteiger partial charge on any atom is -0.459 e. The van der Waals surface area contributed by atoms with Crippen LogP contribution in [0.25, 0.3) is 0 Å². The summed E-state index contributed by atoms with van der Waals surface area (Å²) in [6, 6.07) is 21.6. The van der Waals surface area contributed by atoms with Crippen LogP contribution in [0, 0.1) is 17.2 Å². The van der Waals surface area contributed by atoms with E-state index in [0.717, 1.165) is 24.0 Å². The highest BCUT2D eigenvalue weighted by atomic mass is 16.5. The molecule has 0 unspecified atom stereocenters. The van der Waals surface area contributed by atoms with Crippen molar-refractivity contribution in [3.8, 4) is 6.07 Å². The third-order valence-electron chi connectivity index (χ3n) is 6.75. The Kier molecular flexibility index (Phi) is 8.65. The van der Waals surface area contributed by atoms with Crippen molar-refractivity contribution in [1.82, 2.24) is 4.90 Å². The fraction of sp³-hybridized carbons (Fsp3) is 0.464. The van der Waals surface area contributed by atoms with Gasteiger partial charge in [-0.3, -0.25) is 4.79 Å². The molecule has 1 aliphatic rings. The fourth-order valence-electron chi connectivity index (χ4n) is 4.71. The largest absolute Gasteiger partial charge is 0.459 e. The number of benzene rings is 2. The van der Waals surface area contributed by atoms with Crippen LogP contribution in [0.15, 0.2) is 60.7 Å². The number of hydrogen-bond donors (Lipinski definition) is 0. The van der Waals surface area contributed by atoms with Gasteiger partial charge >= 0.3 is 5.97 Å². The van der Waals surface area contributed by atoms with Crippen LogP contribution >= 0.6 is 0 Å². The van der Waals surface area contributed by atoms with Gasteiger partial charge in [0, 0.05) is 13.0 Å². The highest BCUT2D eigenvalue weighted by molar-refractivity contribution is 5.85. The lowest BCUT2D eigenvalue weighted by Gasteiger charge is -2.31. The molecule has 1 saturated heterocycles. The second kappa shape index (κ2) is 11.7. The van der Waals surface area contributed by atoms with E-state index in [-0.39, 0.29) is 24.4 Å². The summed E-state index contributed by atoms with van der Waals surface area (Å²) in [6.45, 7) is 4.99. The first-order valence-corrected chi connectivity index (χ1v) is 11.9. The van der Waals surface area contributed by atoms with E-state index in [1.807, 2.05) is 60.7 Å². The van der Waals surface area contributed by atoms with Gasteiger partial charge in [0.05, 0.1) is 11.5 Å². The Bertz CT molecular complexity index is 952. The number of carbonyl (C=O) groups excluding carboxylic acids is 2. The molecule has 0 saturated carbocycles. The molecule has 2 atom stereocenters. The maximum Gasteiger partial charge on any atom is 0.329 e. The molecule has 0 aromatic heterocycles. The average Bonchev–Trinajstić information content (AvgIpc) is 3.34. The molecule has 1 heterocycles. The first kappa shape index (κ1) is 24.5. The number of ether oxygens (including phenoxy) is 1. The Morgan fingerprint density at radius 2 is 1.76 bits per heavy atom. The van der Waals surface area contributed by atoms with Crippen LogP contribution in [0.1, 0.15) is 63.5 Å². The third kappa shape index (κ3) is 6.01. The molecule has 0 spiro atoms. The summed E-state index contributed by atoms with van der Waals surface area (Å²) in [5, 5.41) is 10.0. The molecule has 0 bridgehead atoms. The van der Waals surface area contributed by atoms with Crippen molar-refractivity contribution in [1.29, 1.82) is 5.26 Å². The summed E-state index contributed by atoms with van der Waals surface area (Å²) in [5.74, 6) is -0.152. The monoisotopic (exact) mass is 446 g/mol. The Balaban J connectivity index is 1.51. The minimum absolute atomic E-state index is 0.000904. The van der Waals surface area contributed by atoms with E-state index in [0.29, 0.717) is 32.2 Å². The SMILES string of the molecule is CC(C)[C@@](C#N)(CCCCC(=O)N1CCC[C@@H]1C(=O)OCc1ccccc1)c1ccccc1. The highest BCUT2D eigenvalue weighted by Crippen LogP contribution is 2.37. The quantitative estimate of drug-likeness (QED) is 0.362. The molecular weight excluding hydrogens is 412 g/mol. The number of nitrogens with zero attached hydrogens (tertiary/aromatic N) is 2. The Hall–Kier alpha value is -3.13. The van der Waals surface area contributed by atoms with Gasteiger partial charge in [-0.2, -0.15) is 5.26 Å². The summed E-state index contributed by atoms with van der Waals surface area (Å²) in [5.41, 5.74) is 1.42. The van der Waals surface area contributed by atoms with Crippen molar-refractivity contribution in [3.63, 3.8) is 0 Å². The molecule has 2 aromatic carbocycles. The number of carbonyl (C=O) groups is 2. The Morgan fingerprint density at radius 1 is 1.09 bits per heavy atom. The van der Waals surface area contributed by atoms with Gasteiger partial charge in [0.1, 0.15) is 12.6 Å². The lowest BCUT2D eigenvalue weighted by molar-refractivity contribution is -0.154. The third-order valence-corrected chi connectivity index (χ3v) is 6.75. The summed E-state index contributed by atoms with van der Waals surface area (Å²) >= 11 is 0. The van der Waals surface area contributed by atoms with Crippen LogP contribution in [0.3, 0.4) is 0 Å². The Labute approximate surface area is 197 Å².